The summed E-state index contributed by atoms with van der Waals surface area (Å²) in [5.74, 6) is 0.219. The third-order valence-corrected chi connectivity index (χ3v) is 1.41. The first-order valence-corrected chi connectivity index (χ1v) is 3.99. The third kappa shape index (κ3) is 3.21. The number of amides is 1. The Morgan fingerprint density at radius 1 is 1.77 bits per heavy atom. The highest BCUT2D eigenvalue weighted by Gasteiger charge is 2.00. The normalized spacial score (nSPS) is 9.31. The lowest BCUT2D eigenvalue weighted by atomic mass is 10.4. The van der Waals surface area contributed by atoms with Crippen LogP contribution in [0.25, 0.3) is 0 Å². The van der Waals surface area contributed by atoms with E-state index in [1.165, 1.54) is 12.3 Å². The van der Waals surface area contributed by atoms with Crippen LogP contribution in [0.1, 0.15) is 6.42 Å². The van der Waals surface area contributed by atoms with E-state index in [1.54, 1.807) is 6.07 Å². The molecule has 0 atom stereocenters. The van der Waals surface area contributed by atoms with Crippen molar-refractivity contribution in [1.82, 2.24) is 9.97 Å². The van der Waals surface area contributed by atoms with Crippen molar-refractivity contribution in [2.24, 2.45) is 0 Å². The first-order valence-electron chi connectivity index (χ1n) is 3.61. The van der Waals surface area contributed by atoms with Crippen molar-refractivity contribution in [2.75, 3.05) is 5.32 Å². The van der Waals surface area contributed by atoms with Crippen LogP contribution in [0.3, 0.4) is 0 Å². The number of hydrogen-bond acceptors (Lipinski definition) is 3. The summed E-state index contributed by atoms with van der Waals surface area (Å²) in [6, 6.07) is 1.56. The van der Waals surface area contributed by atoms with Crippen molar-refractivity contribution in [3.63, 3.8) is 0 Å². The molecule has 68 valence electrons. The fourth-order valence-corrected chi connectivity index (χ4v) is 0.877. The van der Waals surface area contributed by atoms with E-state index in [1.807, 2.05) is 0 Å². The first-order chi connectivity index (χ1) is 6.22. The summed E-state index contributed by atoms with van der Waals surface area (Å²) in [6.45, 7) is 3.44. The predicted molar refractivity (Wildman–Crippen MR) is 50.5 cm³/mol. The average Bonchev–Trinajstić information content (AvgIpc) is 2.04. The number of nitrogens with zero attached hydrogens (tertiary/aromatic N) is 2. The molecule has 1 amide bonds. The minimum atomic E-state index is -0.176. The summed E-state index contributed by atoms with van der Waals surface area (Å²) >= 11 is 5.51. The van der Waals surface area contributed by atoms with Crippen molar-refractivity contribution in [3.05, 3.63) is 30.2 Å². The molecule has 0 radical (unpaired) electrons. The Bertz CT molecular complexity index is 327. The van der Waals surface area contributed by atoms with Crippen molar-refractivity contribution < 1.29 is 4.79 Å². The maximum atomic E-state index is 11.0. The summed E-state index contributed by atoms with van der Waals surface area (Å²) in [4.78, 5) is 18.5. The molecule has 1 aromatic rings. The summed E-state index contributed by atoms with van der Waals surface area (Å²) in [6.07, 6.45) is 3.23. The van der Waals surface area contributed by atoms with Gasteiger partial charge >= 0.3 is 0 Å². The zero-order valence-corrected chi connectivity index (χ0v) is 7.58. The van der Waals surface area contributed by atoms with Gasteiger partial charge in [-0.05, 0) is 17.7 Å². The van der Waals surface area contributed by atoms with Crippen LogP contribution >= 0.6 is 11.6 Å². The molecule has 5 heteroatoms. The molecular formula is C8H8ClN3O. The zero-order valence-electron chi connectivity index (χ0n) is 6.83. The number of nitrogens with one attached hydrogen (secondary N) is 1. The van der Waals surface area contributed by atoms with Crippen molar-refractivity contribution in [3.8, 4) is 0 Å². The van der Waals surface area contributed by atoms with Crippen LogP contribution in [0.2, 0.25) is 5.28 Å². The van der Waals surface area contributed by atoms with E-state index in [2.05, 4.69) is 21.9 Å². The lowest BCUT2D eigenvalue weighted by Crippen LogP contribution is -2.11. The fraction of sp³-hybridized carbons (Fsp3) is 0.125. The molecule has 1 rings (SSSR count). The van der Waals surface area contributed by atoms with E-state index in [-0.39, 0.29) is 17.6 Å². The summed E-state index contributed by atoms with van der Waals surface area (Å²) in [5.41, 5.74) is 0. The topological polar surface area (TPSA) is 54.9 Å². The molecule has 0 aliphatic carbocycles. The van der Waals surface area contributed by atoms with Crippen LogP contribution in [-0.2, 0) is 4.79 Å². The number of carbonyl (C=O) groups is 1. The molecule has 0 saturated heterocycles. The number of halogens is 1. The van der Waals surface area contributed by atoms with Crippen molar-refractivity contribution in [1.29, 1.82) is 0 Å². The molecule has 0 aromatic carbocycles. The second-order valence-corrected chi connectivity index (χ2v) is 2.59. The van der Waals surface area contributed by atoms with E-state index in [4.69, 9.17) is 11.6 Å². The van der Waals surface area contributed by atoms with Gasteiger partial charge in [-0.3, -0.25) is 4.79 Å². The molecule has 0 spiro atoms. The highest BCUT2D eigenvalue weighted by Crippen LogP contribution is 2.05. The number of hydrogen-bond donors (Lipinski definition) is 1. The molecule has 1 N–H and O–H groups in total. The van der Waals surface area contributed by atoms with Gasteiger partial charge in [-0.25, -0.2) is 9.97 Å². The summed E-state index contributed by atoms with van der Waals surface area (Å²) in [5, 5.41) is 2.65. The largest absolute Gasteiger partial charge is 0.310 e. The van der Waals surface area contributed by atoms with Gasteiger partial charge in [0, 0.05) is 12.6 Å². The molecule has 0 aliphatic rings. The van der Waals surface area contributed by atoms with Crippen LogP contribution in [0.5, 0.6) is 0 Å². The molecule has 1 aromatic heterocycles. The summed E-state index contributed by atoms with van der Waals surface area (Å²) < 4.78 is 0. The Labute approximate surface area is 80.7 Å². The average molecular weight is 198 g/mol. The van der Waals surface area contributed by atoms with E-state index < -0.39 is 0 Å². The maximum Gasteiger partial charge on any atom is 0.229 e. The van der Waals surface area contributed by atoms with Gasteiger partial charge in [0.2, 0.25) is 11.2 Å². The second kappa shape index (κ2) is 4.57. The lowest BCUT2D eigenvalue weighted by molar-refractivity contribution is -0.115. The van der Waals surface area contributed by atoms with E-state index in [0.717, 1.165) is 0 Å². The van der Waals surface area contributed by atoms with Gasteiger partial charge in [-0.1, -0.05) is 6.08 Å². The zero-order chi connectivity index (χ0) is 9.68. The van der Waals surface area contributed by atoms with Gasteiger partial charge in [0.05, 0.1) is 0 Å². The molecule has 0 aliphatic heterocycles. The standard InChI is InChI=1S/C8H8ClN3O/c1-2-3-7(13)11-6-4-5-10-8(9)12-6/h2,4-5H,1,3H2,(H,10,11,12,13). The minimum Gasteiger partial charge on any atom is -0.310 e. The lowest BCUT2D eigenvalue weighted by Gasteiger charge is -2.00. The second-order valence-electron chi connectivity index (χ2n) is 2.25. The van der Waals surface area contributed by atoms with Crippen LogP contribution < -0.4 is 5.32 Å². The van der Waals surface area contributed by atoms with Gasteiger partial charge in [-0.2, -0.15) is 0 Å². The van der Waals surface area contributed by atoms with Gasteiger partial charge in [0.1, 0.15) is 5.82 Å². The van der Waals surface area contributed by atoms with E-state index >= 15 is 0 Å². The Hall–Kier alpha value is -1.42. The highest BCUT2D eigenvalue weighted by molar-refractivity contribution is 6.28. The van der Waals surface area contributed by atoms with E-state index in [0.29, 0.717) is 5.82 Å². The van der Waals surface area contributed by atoms with Gasteiger partial charge in [-0.15, -0.1) is 6.58 Å². The summed E-state index contributed by atoms with van der Waals surface area (Å²) in [7, 11) is 0. The number of carbonyl (C=O) groups excluding carboxylic acids is 1. The molecule has 13 heavy (non-hydrogen) atoms. The smallest absolute Gasteiger partial charge is 0.229 e. The predicted octanol–water partition coefficient (Wildman–Crippen LogP) is 1.64. The van der Waals surface area contributed by atoms with Crippen LogP contribution in [-0.4, -0.2) is 15.9 Å². The number of anilines is 1. The minimum absolute atomic E-state index is 0.108. The van der Waals surface area contributed by atoms with Crippen molar-refractivity contribution >= 4 is 23.3 Å². The van der Waals surface area contributed by atoms with Gasteiger partial charge < -0.3 is 5.32 Å². The van der Waals surface area contributed by atoms with E-state index in [9.17, 15) is 4.79 Å². The van der Waals surface area contributed by atoms with Crippen LogP contribution in [0.4, 0.5) is 5.82 Å². The monoisotopic (exact) mass is 197 g/mol. The molecule has 4 nitrogen and oxygen atoms in total. The van der Waals surface area contributed by atoms with Crippen LogP contribution in [0, 0.1) is 0 Å². The third-order valence-electron chi connectivity index (χ3n) is 1.22. The Morgan fingerprint density at radius 2 is 2.54 bits per heavy atom. The number of rotatable bonds is 3. The quantitative estimate of drug-likeness (QED) is 0.592. The molecule has 0 unspecified atom stereocenters. The Balaban J connectivity index is 2.63. The van der Waals surface area contributed by atoms with Gasteiger partial charge in [0.25, 0.3) is 0 Å². The number of aromatic nitrogens is 2. The molecular weight excluding hydrogens is 190 g/mol. The molecule has 0 bridgehead atoms. The molecule has 1 heterocycles. The Kier molecular flexibility index (Phi) is 3.40. The highest BCUT2D eigenvalue weighted by atomic mass is 35.5. The molecule has 0 fully saturated rings. The Morgan fingerprint density at radius 3 is 3.15 bits per heavy atom. The molecule has 0 saturated carbocycles. The van der Waals surface area contributed by atoms with Crippen LogP contribution in [0.15, 0.2) is 24.9 Å². The fourth-order valence-electron chi connectivity index (χ4n) is 0.729. The van der Waals surface area contributed by atoms with Crippen molar-refractivity contribution in [2.45, 2.75) is 6.42 Å². The maximum absolute atomic E-state index is 11.0. The van der Waals surface area contributed by atoms with Gasteiger partial charge in [0.15, 0.2) is 0 Å². The first kappa shape index (κ1) is 9.67. The SMILES string of the molecule is C=CCC(=O)Nc1ccnc(Cl)n1.